The van der Waals surface area contributed by atoms with Gasteiger partial charge in [0.25, 0.3) is 0 Å². The van der Waals surface area contributed by atoms with E-state index in [1.54, 1.807) is 0 Å². The Hall–Kier alpha value is -0.760. The highest BCUT2D eigenvalue weighted by Crippen LogP contribution is 2.47. The first-order valence-corrected chi connectivity index (χ1v) is 6.46. The Labute approximate surface area is 102 Å². The maximum absolute atomic E-state index is 12.4. The Morgan fingerprint density at radius 1 is 1.12 bits per heavy atom. The van der Waals surface area contributed by atoms with Crippen LogP contribution in [0.2, 0.25) is 0 Å². The first-order valence-electron chi connectivity index (χ1n) is 5.65. The van der Waals surface area contributed by atoms with Crippen molar-refractivity contribution >= 4 is 17.5 Å². The van der Waals surface area contributed by atoms with Gasteiger partial charge in [0, 0.05) is 20.6 Å². The van der Waals surface area contributed by atoms with Gasteiger partial charge in [0.05, 0.1) is 0 Å². The predicted octanol–water partition coefficient (Wildman–Crippen LogP) is 4.17. The van der Waals surface area contributed by atoms with E-state index in [1.807, 2.05) is 30.0 Å². The maximum atomic E-state index is 12.4. The van der Waals surface area contributed by atoms with Crippen molar-refractivity contribution in [3.8, 4) is 0 Å². The van der Waals surface area contributed by atoms with E-state index < -0.39 is 0 Å². The number of hydrogen-bond acceptors (Lipinski definition) is 2. The fourth-order valence-electron chi connectivity index (χ4n) is 2.59. The van der Waals surface area contributed by atoms with Crippen LogP contribution < -0.4 is 0 Å². The van der Waals surface area contributed by atoms with Crippen molar-refractivity contribution in [1.29, 1.82) is 0 Å². The zero-order valence-corrected chi connectivity index (χ0v) is 11.1. The molecule has 1 nitrogen and oxygen atoms in total. The standard InChI is InChI=1S/C14H18OS/c1-13(2)9-14(3,4)16-11-8-6-5-7-10(11)12(13)15/h5-8H,9H2,1-4H3. The zero-order valence-electron chi connectivity index (χ0n) is 10.3. The number of hydrogen-bond donors (Lipinski definition) is 0. The molecule has 2 rings (SSSR count). The van der Waals surface area contributed by atoms with Crippen molar-refractivity contribution in [3.63, 3.8) is 0 Å². The molecule has 0 amide bonds. The van der Waals surface area contributed by atoms with Gasteiger partial charge in [-0.3, -0.25) is 4.79 Å². The number of rotatable bonds is 0. The van der Waals surface area contributed by atoms with Crippen molar-refractivity contribution in [1.82, 2.24) is 0 Å². The van der Waals surface area contributed by atoms with Gasteiger partial charge in [-0.25, -0.2) is 0 Å². The smallest absolute Gasteiger partial charge is 0.169 e. The SMILES string of the molecule is CC1(C)CC(C)(C)C(=O)c2ccccc2S1. The molecule has 0 N–H and O–H groups in total. The van der Waals surface area contributed by atoms with Crippen LogP contribution in [0.15, 0.2) is 29.2 Å². The third-order valence-electron chi connectivity index (χ3n) is 3.00. The minimum absolute atomic E-state index is 0.117. The molecule has 0 atom stereocenters. The van der Waals surface area contributed by atoms with Gasteiger partial charge in [0.15, 0.2) is 5.78 Å². The highest BCUT2D eigenvalue weighted by molar-refractivity contribution is 8.00. The van der Waals surface area contributed by atoms with Gasteiger partial charge in [-0.1, -0.05) is 45.9 Å². The molecule has 16 heavy (non-hydrogen) atoms. The normalized spacial score (nSPS) is 22.4. The fraction of sp³-hybridized carbons (Fsp3) is 0.500. The molecular formula is C14H18OS. The molecule has 86 valence electrons. The monoisotopic (exact) mass is 234 g/mol. The van der Waals surface area contributed by atoms with E-state index >= 15 is 0 Å². The zero-order chi connectivity index (χ0) is 12.0. The Morgan fingerprint density at radius 3 is 2.44 bits per heavy atom. The summed E-state index contributed by atoms with van der Waals surface area (Å²) in [5.41, 5.74) is 0.631. The second-order valence-electron chi connectivity index (χ2n) is 5.75. The molecule has 1 heterocycles. The third kappa shape index (κ3) is 2.03. The quantitative estimate of drug-likeness (QED) is 0.670. The molecule has 0 radical (unpaired) electrons. The summed E-state index contributed by atoms with van der Waals surface area (Å²) >= 11 is 1.82. The summed E-state index contributed by atoms with van der Waals surface area (Å²) in [7, 11) is 0. The van der Waals surface area contributed by atoms with Crippen LogP contribution in [0.4, 0.5) is 0 Å². The van der Waals surface area contributed by atoms with E-state index in [0.717, 1.165) is 16.9 Å². The molecule has 0 unspecified atom stereocenters. The average molecular weight is 234 g/mol. The lowest BCUT2D eigenvalue weighted by atomic mass is 9.78. The molecular weight excluding hydrogens is 216 g/mol. The minimum atomic E-state index is -0.261. The molecule has 1 aliphatic rings. The summed E-state index contributed by atoms with van der Waals surface area (Å²) in [6, 6.07) is 7.97. The number of thioether (sulfide) groups is 1. The Kier molecular flexibility index (Phi) is 2.66. The third-order valence-corrected chi connectivity index (χ3v) is 4.27. The van der Waals surface area contributed by atoms with Gasteiger partial charge in [0.1, 0.15) is 0 Å². The van der Waals surface area contributed by atoms with E-state index in [9.17, 15) is 4.79 Å². The number of ketones is 1. The van der Waals surface area contributed by atoms with Gasteiger partial charge in [0.2, 0.25) is 0 Å². The molecule has 0 fully saturated rings. The van der Waals surface area contributed by atoms with Crippen molar-refractivity contribution in [2.75, 3.05) is 0 Å². The number of Topliss-reactive ketones (excluding diaryl/α,β-unsaturated/α-hetero) is 1. The fourth-order valence-corrected chi connectivity index (χ4v) is 4.03. The lowest BCUT2D eigenvalue weighted by Crippen LogP contribution is -2.30. The number of fused-ring (bicyclic) bond motifs is 1. The molecule has 0 saturated carbocycles. The van der Waals surface area contributed by atoms with Crippen LogP contribution in [0, 0.1) is 5.41 Å². The molecule has 0 bridgehead atoms. The van der Waals surface area contributed by atoms with Gasteiger partial charge in [-0.15, -0.1) is 11.8 Å². The molecule has 0 saturated heterocycles. The van der Waals surface area contributed by atoms with Crippen molar-refractivity contribution in [2.24, 2.45) is 5.41 Å². The predicted molar refractivity (Wildman–Crippen MR) is 69.1 cm³/mol. The van der Waals surface area contributed by atoms with Crippen molar-refractivity contribution in [3.05, 3.63) is 29.8 Å². The Balaban J connectivity index is 2.58. The Bertz CT molecular complexity index is 432. The lowest BCUT2D eigenvalue weighted by molar-refractivity contribution is 0.0816. The van der Waals surface area contributed by atoms with Crippen LogP contribution in [-0.2, 0) is 0 Å². The summed E-state index contributed by atoms with van der Waals surface area (Å²) in [6.07, 6.45) is 0.915. The molecule has 1 aromatic rings. The van der Waals surface area contributed by atoms with Crippen molar-refractivity contribution < 1.29 is 4.79 Å². The largest absolute Gasteiger partial charge is 0.294 e. The van der Waals surface area contributed by atoms with Crippen LogP contribution in [0.1, 0.15) is 44.5 Å². The van der Waals surface area contributed by atoms with E-state index in [-0.39, 0.29) is 15.9 Å². The van der Waals surface area contributed by atoms with Gasteiger partial charge in [-0.05, 0) is 12.5 Å². The summed E-state index contributed by atoms with van der Waals surface area (Å²) in [5.74, 6) is 0.279. The molecule has 1 aromatic carbocycles. The van der Waals surface area contributed by atoms with E-state index in [1.165, 1.54) is 0 Å². The van der Waals surface area contributed by atoms with Gasteiger partial charge >= 0.3 is 0 Å². The second-order valence-corrected chi connectivity index (χ2v) is 7.50. The topological polar surface area (TPSA) is 17.1 Å². The van der Waals surface area contributed by atoms with Crippen LogP contribution in [0.3, 0.4) is 0 Å². The van der Waals surface area contributed by atoms with Crippen LogP contribution in [0.5, 0.6) is 0 Å². The maximum Gasteiger partial charge on any atom is 0.169 e. The first-order chi connectivity index (χ1) is 7.32. The van der Waals surface area contributed by atoms with E-state index in [0.29, 0.717) is 0 Å². The molecule has 0 spiro atoms. The Morgan fingerprint density at radius 2 is 1.75 bits per heavy atom. The summed E-state index contributed by atoms with van der Waals surface area (Å²) in [6.45, 7) is 8.54. The minimum Gasteiger partial charge on any atom is -0.294 e. The van der Waals surface area contributed by atoms with Crippen molar-refractivity contribution in [2.45, 2.75) is 43.8 Å². The van der Waals surface area contributed by atoms with E-state index in [2.05, 4.69) is 33.8 Å². The molecule has 2 heteroatoms. The summed E-state index contributed by atoms with van der Waals surface area (Å²) in [5, 5.41) is 0. The highest BCUT2D eigenvalue weighted by Gasteiger charge is 2.40. The van der Waals surface area contributed by atoms with Gasteiger partial charge in [-0.2, -0.15) is 0 Å². The summed E-state index contributed by atoms with van der Waals surface area (Å²) in [4.78, 5) is 13.6. The average Bonchev–Trinajstić information content (AvgIpc) is 2.20. The molecule has 0 aromatic heterocycles. The first kappa shape index (κ1) is 11.7. The lowest BCUT2D eigenvalue weighted by Gasteiger charge is -2.29. The molecule has 1 aliphatic heterocycles. The number of carbonyl (C=O) groups is 1. The van der Waals surface area contributed by atoms with Gasteiger partial charge < -0.3 is 0 Å². The van der Waals surface area contributed by atoms with Crippen LogP contribution in [0.25, 0.3) is 0 Å². The number of carbonyl (C=O) groups excluding carboxylic acids is 1. The second kappa shape index (κ2) is 3.63. The van der Waals surface area contributed by atoms with Crippen LogP contribution in [-0.4, -0.2) is 10.5 Å². The number of benzene rings is 1. The molecule has 0 aliphatic carbocycles. The van der Waals surface area contributed by atoms with Crippen LogP contribution >= 0.6 is 11.8 Å². The van der Waals surface area contributed by atoms with E-state index in [4.69, 9.17) is 0 Å². The highest BCUT2D eigenvalue weighted by atomic mass is 32.2. The summed E-state index contributed by atoms with van der Waals surface area (Å²) < 4.78 is 0.117.